The van der Waals surface area contributed by atoms with Gasteiger partial charge in [-0.3, -0.25) is 0 Å². The first-order valence-corrected chi connectivity index (χ1v) is 8.77. The van der Waals surface area contributed by atoms with Gasteiger partial charge >= 0.3 is 0 Å². The van der Waals surface area contributed by atoms with Crippen LogP contribution < -0.4 is 0 Å². The molecule has 0 radical (unpaired) electrons. The average Bonchev–Trinajstić information content (AvgIpc) is 2.68. The quantitative estimate of drug-likeness (QED) is 0.297. The van der Waals surface area contributed by atoms with Crippen molar-refractivity contribution in [3.63, 3.8) is 0 Å². The second kappa shape index (κ2) is 6.50. The van der Waals surface area contributed by atoms with Crippen LogP contribution >= 0.6 is 0 Å². The van der Waals surface area contributed by atoms with Gasteiger partial charge in [-0.1, -0.05) is 78.4 Å². The van der Waals surface area contributed by atoms with E-state index in [0.29, 0.717) is 0 Å². The van der Waals surface area contributed by atoms with Crippen molar-refractivity contribution in [2.75, 3.05) is 0 Å². The van der Waals surface area contributed by atoms with Crippen LogP contribution in [0.15, 0.2) is 66.7 Å². The molecule has 4 aromatic carbocycles. The van der Waals surface area contributed by atoms with Crippen LogP contribution in [0.1, 0.15) is 27.8 Å². The van der Waals surface area contributed by atoms with Crippen LogP contribution in [-0.2, 0) is 0 Å². The second-order valence-electron chi connectivity index (χ2n) is 6.71. The molecule has 0 bridgehead atoms. The molecule has 0 heterocycles. The summed E-state index contributed by atoms with van der Waals surface area (Å²) in [5, 5.41) is 14.1. The zero-order valence-electron chi connectivity index (χ0n) is 15.0. The number of nitriles is 1. The molecule has 4 aromatic rings. The standard InChI is InChI=1S/C25H19N/c1-17-7-9-19(10-8-17)11-12-20-13-14-23-24(15-20)18(2)21-5-3-4-6-22(21)25(23)16-26/h3-15H,1-2H3. The van der Waals surface area contributed by atoms with Gasteiger partial charge in [0.1, 0.15) is 6.07 Å². The molecule has 0 saturated heterocycles. The predicted octanol–water partition coefficient (Wildman–Crippen LogP) is 6.65. The Hall–Kier alpha value is -3.37. The van der Waals surface area contributed by atoms with E-state index in [1.165, 1.54) is 16.7 Å². The molecule has 0 aliphatic heterocycles. The molecule has 1 heteroatoms. The van der Waals surface area contributed by atoms with E-state index in [1.54, 1.807) is 0 Å². The maximum absolute atomic E-state index is 9.70. The first kappa shape index (κ1) is 16.1. The highest BCUT2D eigenvalue weighted by atomic mass is 14.3. The maximum atomic E-state index is 9.70. The van der Waals surface area contributed by atoms with Gasteiger partial charge in [0.2, 0.25) is 0 Å². The lowest BCUT2D eigenvalue weighted by atomic mass is 9.92. The molecule has 0 atom stereocenters. The Kier molecular flexibility index (Phi) is 4.03. The molecule has 26 heavy (non-hydrogen) atoms. The fraction of sp³-hybridized carbons (Fsp3) is 0.0800. The van der Waals surface area contributed by atoms with Gasteiger partial charge in [-0.25, -0.2) is 0 Å². The fourth-order valence-corrected chi connectivity index (χ4v) is 3.50. The van der Waals surface area contributed by atoms with Gasteiger partial charge < -0.3 is 0 Å². The summed E-state index contributed by atoms with van der Waals surface area (Å²) in [4.78, 5) is 0. The lowest BCUT2D eigenvalue weighted by Gasteiger charge is -2.11. The van der Waals surface area contributed by atoms with Crippen molar-refractivity contribution in [3.8, 4) is 6.07 Å². The number of rotatable bonds is 2. The molecule has 0 spiro atoms. The largest absolute Gasteiger partial charge is 0.192 e. The van der Waals surface area contributed by atoms with Gasteiger partial charge in [0, 0.05) is 10.8 Å². The summed E-state index contributed by atoms with van der Waals surface area (Å²) in [6, 6.07) is 25.4. The first-order chi connectivity index (χ1) is 12.7. The molecule has 0 N–H and O–H groups in total. The monoisotopic (exact) mass is 333 g/mol. The highest BCUT2D eigenvalue weighted by molar-refractivity contribution is 6.08. The summed E-state index contributed by atoms with van der Waals surface area (Å²) in [5.74, 6) is 0. The van der Waals surface area contributed by atoms with Crippen LogP contribution in [0.3, 0.4) is 0 Å². The van der Waals surface area contributed by atoms with Crippen molar-refractivity contribution >= 4 is 33.7 Å². The molecule has 0 amide bonds. The molecule has 0 saturated carbocycles. The molecule has 0 unspecified atom stereocenters. The first-order valence-electron chi connectivity index (χ1n) is 8.77. The lowest BCUT2D eigenvalue weighted by molar-refractivity contribution is 1.46. The zero-order chi connectivity index (χ0) is 18.1. The maximum Gasteiger partial charge on any atom is 0.100 e. The van der Waals surface area contributed by atoms with Gasteiger partial charge in [0.15, 0.2) is 0 Å². The van der Waals surface area contributed by atoms with E-state index in [2.05, 4.69) is 80.6 Å². The van der Waals surface area contributed by atoms with Crippen LogP contribution in [0.25, 0.3) is 33.7 Å². The van der Waals surface area contributed by atoms with Crippen molar-refractivity contribution in [2.24, 2.45) is 0 Å². The van der Waals surface area contributed by atoms with Crippen LogP contribution in [0.5, 0.6) is 0 Å². The third kappa shape index (κ3) is 2.76. The minimum atomic E-state index is 0.760. The van der Waals surface area contributed by atoms with Crippen LogP contribution in [0, 0.1) is 25.2 Å². The topological polar surface area (TPSA) is 23.8 Å². The van der Waals surface area contributed by atoms with Gasteiger partial charge in [-0.2, -0.15) is 5.26 Å². The summed E-state index contributed by atoms with van der Waals surface area (Å²) < 4.78 is 0. The molecule has 124 valence electrons. The molecule has 0 aromatic heterocycles. The molecule has 4 rings (SSSR count). The zero-order valence-corrected chi connectivity index (χ0v) is 15.0. The van der Waals surface area contributed by atoms with Crippen molar-refractivity contribution in [1.82, 2.24) is 0 Å². The van der Waals surface area contributed by atoms with E-state index >= 15 is 0 Å². The molecular weight excluding hydrogens is 314 g/mol. The number of hydrogen-bond acceptors (Lipinski definition) is 1. The van der Waals surface area contributed by atoms with E-state index in [9.17, 15) is 5.26 Å². The Balaban J connectivity index is 1.87. The third-order valence-corrected chi connectivity index (χ3v) is 4.97. The van der Waals surface area contributed by atoms with Crippen LogP contribution in [0.2, 0.25) is 0 Å². The summed E-state index contributed by atoms with van der Waals surface area (Å²) >= 11 is 0. The Morgan fingerprint density at radius 2 is 1.31 bits per heavy atom. The van der Waals surface area contributed by atoms with Crippen molar-refractivity contribution in [2.45, 2.75) is 13.8 Å². The van der Waals surface area contributed by atoms with Gasteiger partial charge in [-0.05, 0) is 47.4 Å². The molecule has 0 aliphatic carbocycles. The van der Waals surface area contributed by atoms with Crippen molar-refractivity contribution in [1.29, 1.82) is 5.26 Å². The van der Waals surface area contributed by atoms with Crippen LogP contribution in [-0.4, -0.2) is 0 Å². The Morgan fingerprint density at radius 3 is 2.04 bits per heavy atom. The summed E-state index contributed by atoms with van der Waals surface area (Å²) in [6.07, 6.45) is 4.26. The average molecular weight is 333 g/mol. The second-order valence-corrected chi connectivity index (χ2v) is 6.71. The minimum Gasteiger partial charge on any atom is -0.192 e. The summed E-state index contributed by atoms with van der Waals surface area (Å²) in [7, 11) is 0. The number of aryl methyl sites for hydroxylation is 2. The van der Waals surface area contributed by atoms with E-state index in [1.807, 2.05) is 18.2 Å². The van der Waals surface area contributed by atoms with Crippen molar-refractivity contribution < 1.29 is 0 Å². The summed E-state index contributed by atoms with van der Waals surface area (Å²) in [6.45, 7) is 4.23. The van der Waals surface area contributed by atoms with E-state index < -0.39 is 0 Å². The van der Waals surface area contributed by atoms with E-state index in [0.717, 1.165) is 32.7 Å². The highest BCUT2D eigenvalue weighted by Crippen LogP contribution is 2.32. The van der Waals surface area contributed by atoms with Crippen molar-refractivity contribution in [3.05, 3.63) is 94.5 Å². The fourth-order valence-electron chi connectivity index (χ4n) is 3.50. The Bertz CT molecular complexity index is 1190. The molecular formula is C25H19N. The molecule has 0 aliphatic rings. The molecule has 1 nitrogen and oxygen atoms in total. The van der Waals surface area contributed by atoms with Gasteiger partial charge in [0.05, 0.1) is 5.56 Å². The van der Waals surface area contributed by atoms with Gasteiger partial charge in [0.25, 0.3) is 0 Å². The van der Waals surface area contributed by atoms with Gasteiger partial charge in [-0.15, -0.1) is 0 Å². The number of fused-ring (bicyclic) bond motifs is 2. The van der Waals surface area contributed by atoms with E-state index in [4.69, 9.17) is 0 Å². The minimum absolute atomic E-state index is 0.760. The smallest absolute Gasteiger partial charge is 0.100 e. The Labute approximate surface area is 153 Å². The summed E-state index contributed by atoms with van der Waals surface area (Å²) in [5.41, 5.74) is 5.57. The predicted molar refractivity (Wildman–Crippen MR) is 111 cm³/mol. The lowest BCUT2D eigenvalue weighted by Crippen LogP contribution is -1.89. The third-order valence-electron chi connectivity index (χ3n) is 4.97. The Morgan fingerprint density at radius 1 is 0.692 bits per heavy atom. The number of nitrogens with zero attached hydrogens (tertiary/aromatic N) is 1. The number of benzene rings is 4. The van der Waals surface area contributed by atoms with E-state index in [-0.39, 0.29) is 0 Å². The normalized spacial score (nSPS) is 11.3. The van der Waals surface area contributed by atoms with Crippen LogP contribution in [0.4, 0.5) is 0 Å². The highest BCUT2D eigenvalue weighted by Gasteiger charge is 2.10. The SMILES string of the molecule is Cc1ccc(C=Cc2ccc3c(C#N)c4ccccc4c(C)c3c2)cc1. The molecule has 0 fully saturated rings. The number of hydrogen-bond donors (Lipinski definition) is 0.